The summed E-state index contributed by atoms with van der Waals surface area (Å²) in [5, 5.41) is 0. The summed E-state index contributed by atoms with van der Waals surface area (Å²) in [7, 11) is 0. The van der Waals surface area contributed by atoms with E-state index in [1.54, 1.807) is 0 Å². The van der Waals surface area contributed by atoms with Gasteiger partial charge in [-0.2, -0.15) is 0 Å². The van der Waals surface area contributed by atoms with E-state index < -0.39 is 0 Å². The van der Waals surface area contributed by atoms with Gasteiger partial charge in [0.2, 0.25) is 0 Å². The van der Waals surface area contributed by atoms with Crippen molar-refractivity contribution in [1.82, 2.24) is 4.98 Å². The lowest BCUT2D eigenvalue weighted by Gasteiger charge is -1.96. The van der Waals surface area contributed by atoms with Gasteiger partial charge in [0, 0.05) is 11.9 Å². The molecule has 1 heterocycles. The molecule has 0 aromatic carbocycles. The zero-order valence-corrected chi connectivity index (χ0v) is 8.24. The van der Waals surface area contributed by atoms with Crippen molar-refractivity contribution < 1.29 is 0 Å². The van der Waals surface area contributed by atoms with Crippen molar-refractivity contribution in [3.8, 4) is 0 Å². The highest BCUT2D eigenvalue weighted by atomic mass is 14.7. The number of hydrogen-bond donors (Lipinski definition) is 0. The smallest absolute Gasteiger partial charge is 0.0403 e. The van der Waals surface area contributed by atoms with Gasteiger partial charge in [-0.05, 0) is 37.8 Å². The van der Waals surface area contributed by atoms with E-state index in [9.17, 15) is 0 Å². The minimum atomic E-state index is 1.09. The highest BCUT2D eigenvalue weighted by Gasteiger charge is 1.90. The van der Waals surface area contributed by atoms with Crippen molar-refractivity contribution in [2.45, 2.75) is 32.6 Å². The molecule has 1 rings (SSSR count). The number of pyridine rings is 1. The van der Waals surface area contributed by atoms with E-state index in [1.165, 1.54) is 18.5 Å². The predicted molar refractivity (Wildman–Crippen MR) is 56.6 cm³/mol. The van der Waals surface area contributed by atoms with Gasteiger partial charge in [-0.3, -0.25) is 4.98 Å². The van der Waals surface area contributed by atoms with Gasteiger partial charge in [0.1, 0.15) is 0 Å². The molecule has 1 nitrogen and oxygen atoms in total. The fraction of sp³-hybridized carbons (Fsp3) is 0.417. The van der Waals surface area contributed by atoms with E-state index in [1.807, 2.05) is 18.3 Å². The fourth-order valence-corrected chi connectivity index (χ4v) is 1.23. The molecule has 0 aliphatic heterocycles. The van der Waals surface area contributed by atoms with Crippen LogP contribution >= 0.6 is 0 Å². The summed E-state index contributed by atoms with van der Waals surface area (Å²) < 4.78 is 0. The molecule has 0 spiro atoms. The third-order valence-corrected chi connectivity index (χ3v) is 1.93. The summed E-state index contributed by atoms with van der Waals surface area (Å²) in [6, 6.07) is 6.09. The minimum Gasteiger partial charge on any atom is -0.261 e. The molecule has 0 aliphatic carbocycles. The Bertz CT molecular complexity index is 239. The third-order valence-electron chi connectivity index (χ3n) is 1.93. The molecule has 70 valence electrons. The van der Waals surface area contributed by atoms with Gasteiger partial charge >= 0.3 is 0 Å². The summed E-state index contributed by atoms with van der Waals surface area (Å²) in [4.78, 5) is 4.27. The number of nitrogens with zero attached hydrogens (tertiary/aromatic N) is 1. The molecule has 1 aromatic rings. The Balaban J connectivity index is 2.17. The Morgan fingerprint density at radius 2 is 2.23 bits per heavy atom. The predicted octanol–water partition coefficient (Wildman–Crippen LogP) is 3.37. The summed E-state index contributed by atoms with van der Waals surface area (Å²) in [6.07, 6.45) is 10.9. The number of unbranched alkanes of at least 4 members (excludes halogenated alkanes) is 1. The van der Waals surface area contributed by atoms with Gasteiger partial charge in [-0.15, -0.1) is 0 Å². The van der Waals surface area contributed by atoms with Crippen LogP contribution in [0.3, 0.4) is 0 Å². The van der Waals surface area contributed by atoms with Gasteiger partial charge in [0.25, 0.3) is 0 Å². The van der Waals surface area contributed by atoms with Crippen LogP contribution in [0.15, 0.2) is 36.5 Å². The highest BCUT2D eigenvalue weighted by Crippen LogP contribution is 2.01. The van der Waals surface area contributed by atoms with Crippen LogP contribution in [0.25, 0.3) is 0 Å². The van der Waals surface area contributed by atoms with Crippen molar-refractivity contribution in [2.24, 2.45) is 0 Å². The van der Waals surface area contributed by atoms with Crippen LogP contribution in [0.5, 0.6) is 0 Å². The van der Waals surface area contributed by atoms with E-state index in [-0.39, 0.29) is 0 Å². The van der Waals surface area contributed by atoms with Crippen molar-refractivity contribution in [1.29, 1.82) is 0 Å². The fourth-order valence-electron chi connectivity index (χ4n) is 1.23. The summed E-state index contributed by atoms with van der Waals surface area (Å²) in [5.41, 5.74) is 1.20. The molecule has 0 fully saturated rings. The summed E-state index contributed by atoms with van der Waals surface area (Å²) in [6.45, 7) is 2.16. The van der Waals surface area contributed by atoms with Gasteiger partial charge in [-0.1, -0.05) is 25.1 Å². The van der Waals surface area contributed by atoms with Crippen LogP contribution in [0.2, 0.25) is 0 Å². The Morgan fingerprint density at radius 1 is 1.31 bits per heavy atom. The molecule has 0 atom stereocenters. The Kier molecular flexibility index (Phi) is 4.92. The van der Waals surface area contributed by atoms with E-state index in [4.69, 9.17) is 0 Å². The zero-order chi connectivity index (χ0) is 9.36. The SMILES string of the molecule is CC/C=C\CCCc1ccccn1. The van der Waals surface area contributed by atoms with Crippen LogP contribution in [0.4, 0.5) is 0 Å². The Morgan fingerprint density at radius 3 is 2.92 bits per heavy atom. The lowest BCUT2D eigenvalue weighted by Crippen LogP contribution is -1.87. The molecule has 0 saturated heterocycles. The minimum absolute atomic E-state index is 1.09. The van der Waals surface area contributed by atoms with Crippen LogP contribution in [-0.4, -0.2) is 4.98 Å². The molecule has 0 bridgehead atoms. The van der Waals surface area contributed by atoms with Crippen LogP contribution in [0.1, 0.15) is 31.9 Å². The van der Waals surface area contributed by atoms with Gasteiger partial charge in [0.05, 0.1) is 0 Å². The molecule has 0 unspecified atom stereocenters. The first-order chi connectivity index (χ1) is 6.43. The topological polar surface area (TPSA) is 12.9 Å². The second kappa shape index (κ2) is 6.41. The lowest BCUT2D eigenvalue weighted by molar-refractivity contribution is 0.816. The van der Waals surface area contributed by atoms with Gasteiger partial charge in [-0.25, -0.2) is 0 Å². The summed E-state index contributed by atoms with van der Waals surface area (Å²) in [5.74, 6) is 0. The molecule has 1 aromatic heterocycles. The number of allylic oxidation sites excluding steroid dienone is 2. The van der Waals surface area contributed by atoms with Crippen LogP contribution in [-0.2, 0) is 6.42 Å². The maximum atomic E-state index is 4.27. The monoisotopic (exact) mass is 175 g/mol. The van der Waals surface area contributed by atoms with Crippen LogP contribution < -0.4 is 0 Å². The first-order valence-electron chi connectivity index (χ1n) is 4.98. The van der Waals surface area contributed by atoms with Gasteiger partial charge < -0.3 is 0 Å². The quantitative estimate of drug-likeness (QED) is 0.494. The number of rotatable bonds is 5. The van der Waals surface area contributed by atoms with E-state index in [0.29, 0.717) is 0 Å². The van der Waals surface area contributed by atoms with E-state index in [2.05, 4.69) is 30.1 Å². The van der Waals surface area contributed by atoms with Gasteiger partial charge in [0.15, 0.2) is 0 Å². The number of aryl methyl sites for hydroxylation is 1. The van der Waals surface area contributed by atoms with Crippen molar-refractivity contribution in [3.05, 3.63) is 42.2 Å². The van der Waals surface area contributed by atoms with E-state index in [0.717, 1.165) is 12.8 Å². The average Bonchev–Trinajstić information content (AvgIpc) is 2.19. The number of aromatic nitrogens is 1. The molecule has 0 amide bonds. The average molecular weight is 175 g/mol. The maximum absolute atomic E-state index is 4.27. The molecule has 0 N–H and O–H groups in total. The van der Waals surface area contributed by atoms with Crippen molar-refractivity contribution in [3.63, 3.8) is 0 Å². The molecular weight excluding hydrogens is 158 g/mol. The molecule has 0 radical (unpaired) electrons. The molecular formula is C12H17N. The standard InChI is InChI=1S/C12H17N/c1-2-3-4-5-6-9-12-10-7-8-11-13-12/h3-4,7-8,10-11H,2,5-6,9H2,1H3/b4-3-. The molecule has 0 aliphatic rings. The Hall–Kier alpha value is -1.11. The first kappa shape index (κ1) is 9.97. The second-order valence-electron chi connectivity index (χ2n) is 3.09. The zero-order valence-electron chi connectivity index (χ0n) is 8.24. The second-order valence-corrected chi connectivity index (χ2v) is 3.09. The summed E-state index contributed by atoms with van der Waals surface area (Å²) >= 11 is 0. The van der Waals surface area contributed by atoms with Crippen molar-refractivity contribution >= 4 is 0 Å². The maximum Gasteiger partial charge on any atom is 0.0403 e. The largest absolute Gasteiger partial charge is 0.261 e. The molecule has 0 saturated carbocycles. The van der Waals surface area contributed by atoms with Crippen LogP contribution in [0, 0.1) is 0 Å². The van der Waals surface area contributed by atoms with E-state index >= 15 is 0 Å². The third kappa shape index (κ3) is 4.46. The number of hydrogen-bond acceptors (Lipinski definition) is 1. The molecule has 1 heteroatoms. The lowest BCUT2D eigenvalue weighted by atomic mass is 10.1. The first-order valence-corrected chi connectivity index (χ1v) is 4.98. The Labute approximate surface area is 80.5 Å². The highest BCUT2D eigenvalue weighted by molar-refractivity contribution is 5.03. The molecule has 13 heavy (non-hydrogen) atoms. The normalized spacial score (nSPS) is 10.8. The van der Waals surface area contributed by atoms with Crippen molar-refractivity contribution in [2.75, 3.05) is 0 Å².